The topological polar surface area (TPSA) is 66.5 Å². The van der Waals surface area contributed by atoms with Crippen LogP contribution in [0.25, 0.3) is 6.08 Å². The molecule has 24 heavy (non-hydrogen) atoms. The molecule has 2 rings (SSSR count). The normalized spacial score (nSPS) is 12.0. The quantitative estimate of drug-likeness (QED) is 0.737. The van der Waals surface area contributed by atoms with Gasteiger partial charge < -0.3 is 5.32 Å². The van der Waals surface area contributed by atoms with Gasteiger partial charge in [0.1, 0.15) is 0 Å². The maximum Gasteiger partial charge on any atom is 0.248 e. The van der Waals surface area contributed by atoms with Crippen LogP contribution in [-0.4, -0.2) is 32.7 Å². The maximum atomic E-state index is 12.3. The zero-order valence-corrected chi connectivity index (χ0v) is 16.6. The number of hydrogen-bond acceptors (Lipinski definition) is 4. The average molecular weight is 429 g/mol. The minimum Gasteiger partial charge on any atom is -0.322 e. The zero-order chi connectivity index (χ0) is 17.9. The van der Waals surface area contributed by atoms with Crippen molar-refractivity contribution >= 4 is 55.0 Å². The first-order chi connectivity index (χ1) is 11.2. The van der Waals surface area contributed by atoms with E-state index in [2.05, 4.69) is 21.2 Å². The van der Waals surface area contributed by atoms with Gasteiger partial charge in [-0.05, 0) is 58.8 Å². The Morgan fingerprint density at radius 2 is 1.96 bits per heavy atom. The molecule has 0 atom stereocenters. The Morgan fingerprint density at radius 3 is 2.54 bits per heavy atom. The second-order valence-electron chi connectivity index (χ2n) is 5.23. The summed E-state index contributed by atoms with van der Waals surface area (Å²) in [5.41, 5.74) is 1.06. The van der Waals surface area contributed by atoms with Crippen LogP contribution in [0.15, 0.2) is 45.1 Å². The number of amides is 1. The highest BCUT2D eigenvalue weighted by molar-refractivity contribution is 9.11. The van der Waals surface area contributed by atoms with Gasteiger partial charge in [0, 0.05) is 30.7 Å². The lowest BCUT2D eigenvalue weighted by atomic mass is 10.2. The van der Waals surface area contributed by atoms with E-state index >= 15 is 0 Å². The molecule has 128 valence electrons. The smallest absolute Gasteiger partial charge is 0.248 e. The zero-order valence-electron chi connectivity index (χ0n) is 13.4. The summed E-state index contributed by atoms with van der Waals surface area (Å²) in [7, 11) is -0.610. The van der Waals surface area contributed by atoms with E-state index in [1.54, 1.807) is 25.1 Å². The summed E-state index contributed by atoms with van der Waals surface area (Å²) in [5, 5.41) is 2.68. The number of rotatable bonds is 5. The van der Waals surface area contributed by atoms with Crippen LogP contribution in [0.2, 0.25) is 0 Å². The van der Waals surface area contributed by atoms with Crippen molar-refractivity contribution in [2.75, 3.05) is 19.4 Å². The highest BCUT2D eigenvalue weighted by Gasteiger charge is 2.20. The number of sulfonamides is 1. The molecule has 1 aromatic heterocycles. The monoisotopic (exact) mass is 428 g/mol. The fourth-order valence-corrected chi connectivity index (χ4v) is 4.38. The molecule has 0 radical (unpaired) electrons. The molecule has 1 amide bonds. The van der Waals surface area contributed by atoms with Crippen molar-refractivity contribution in [3.8, 4) is 0 Å². The van der Waals surface area contributed by atoms with E-state index < -0.39 is 10.0 Å². The molecule has 0 bridgehead atoms. The predicted octanol–water partition coefficient (Wildman–Crippen LogP) is 3.72. The number of halogens is 1. The number of thiophene rings is 1. The van der Waals surface area contributed by atoms with Gasteiger partial charge >= 0.3 is 0 Å². The summed E-state index contributed by atoms with van der Waals surface area (Å²) in [4.78, 5) is 13.1. The van der Waals surface area contributed by atoms with Crippen LogP contribution in [0.4, 0.5) is 5.69 Å². The molecule has 0 spiro atoms. The van der Waals surface area contributed by atoms with E-state index in [0.717, 1.165) is 13.0 Å². The van der Waals surface area contributed by atoms with Crippen molar-refractivity contribution < 1.29 is 13.2 Å². The maximum absolute atomic E-state index is 12.3. The second-order valence-corrected chi connectivity index (χ2v) is 9.85. The Morgan fingerprint density at radius 1 is 1.25 bits per heavy atom. The number of aryl methyl sites for hydroxylation is 1. The van der Waals surface area contributed by atoms with Crippen molar-refractivity contribution in [2.45, 2.75) is 11.8 Å². The average Bonchev–Trinajstić information content (AvgIpc) is 2.92. The van der Waals surface area contributed by atoms with Crippen LogP contribution in [0.3, 0.4) is 0 Å². The van der Waals surface area contributed by atoms with Crippen molar-refractivity contribution in [2.24, 2.45) is 0 Å². The molecule has 1 aromatic carbocycles. The van der Waals surface area contributed by atoms with Gasteiger partial charge in [-0.1, -0.05) is 6.07 Å². The summed E-state index contributed by atoms with van der Waals surface area (Å²) in [5.74, 6) is -0.323. The third kappa shape index (κ3) is 4.54. The number of nitrogens with one attached hydrogen (secondary N) is 1. The molecule has 0 fully saturated rings. The third-order valence-corrected chi connectivity index (χ3v) is 6.75. The SMILES string of the molecule is Cc1ccc(NC(=O)/C=C/c2ccc(Br)s2)cc1S(=O)(=O)N(C)C. The molecule has 1 heterocycles. The summed E-state index contributed by atoms with van der Waals surface area (Å²) in [6.45, 7) is 1.72. The lowest BCUT2D eigenvalue weighted by Crippen LogP contribution is -2.23. The van der Waals surface area contributed by atoms with Gasteiger partial charge in [0.2, 0.25) is 15.9 Å². The number of anilines is 1. The van der Waals surface area contributed by atoms with Gasteiger partial charge in [-0.2, -0.15) is 0 Å². The number of nitrogens with zero attached hydrogens (tertiary/aromatic N) is 1. The van der Waals surface area contributed by atoms with Crippen LogP contribution >= 0.6 is 27.3 Å². The van der Waals surface area contributed by atoms with E-state index in [1.165, 1.54) is 37.6 Å². The first-order valence-electron chi connectivity index (χ1n) is 6.98. The molecule has 0 aliphatic heterocycles. The van der Waals surface area contributed by atoms with Crippen molar-refractivity contribution in [1.29, 1.82) is 0 Å². The van der Waals surface area contributed by atoms with Gasteiger partial charge in [0.15, 0.2) is 0 Å². The van der Waals surface area contributed by atoms with E-state index in [9.17, 15) is 13.2 Å². The highest BCUT2D eigenvalue weighted by atomic mass is 79.9. The molecule has 0 saturated heterocycles. The van der Waals surface area contributed by atoms with Gasteiger partial charge in [0.25, 0.3) is 0 Å². The number of carbonyl (C=O) groups is 1. The lowest BCUT2D eigenvalue weighted by molar-refractivity contribution is -0.111. The van der Waals surface area contributed by atoms with Gasteiger partial charge in [0.05, 0.1) is 8.68 Å². The largest absolute Gasteiger partial charge is 0.322 e. The predicted molar refractivity (Wildman–Crippen MR) is 102 cm³/mol. The fraction of sp³-hybridized carbons (Fsp3) is 0.188. The number of carbonyl (C=O) groups excluding carboxylic acids is 1. The molecular formula is C16H17BrN2O3S2. The van der Waals surface area contributed by atoms with Crippen LogP contribution in [0, 0.1) is 6.92 Å². The van der Waals surface area contributed by atoms with Crippen LogP contribution in [0.1, 0.15) is 10.4 Å². The summed E-state index contributed by atoms with van der Waals surface area (Å²) in [6, 6.07) is 8.62. The Kier molecular flexibility index (Phi) is 5.97. The van der Waals surface area contributed by atoms with Gasteiger partial charge in [-0.3, -0.25) is 4.79 Å². The second kappa shape index (κ2) is 7.60. The van der Waals surface area contributed by atoms with Crippen LogP contribution in [-0.2, 0) is 14.8 Å². The third-order valence-electron chi connectivity index (χ3n) is 3.21. The van der Waals surface area contributed by atoms with Gasteiger partial charge in [-0.25, -0.2) is 12.7 Å². The van der Waals surface area contributed by atoms with Crippen molar-refractivity contribution in [1.82, 2.24) is 4.31 Å². The molecule has 0 unspecified atom stereocenters. The Balaban J connectivity index is 2.18. The first kappa shape index (κ1) is 18.9. The van der Waals surface area contributed by atoms with Crippen molar-refractivity contribution in [3.05, 3.63) is 50.6 Å². The molecule has 1 N–H and O–H groups in total. The summed E-state index contributed by atoms with van der Waals surface area (Å²) in [6.07, 6.45) is 3.12. The number of benzene rings is 1. The van der Waals surface area contributed by atoms with E-state index in [0.29, 0.717) is 11.3 Å². The minimum absolute atomic E-state index is 0.177. The number of hydrogen-bond donors (Lipinski definition) is 1. The molecule has 0 aliphatic carbocycles. The standard InChI is InChI=1S/C16H17BrN2O3S2/c1-11-4-5-12(10-14(11)24(21,22)19(2)3)18-16(20)9-7-13-6-8-15(17)23-13/h4-10H,1-3H3,(H,18,20)/b9-7+. The summed E-state index contributed by atoms with van der Waals surface area (Å²) < 4.78 is 26.7. The first-order valence-corrected chi connectivity index (χ1v) is 10.0. The molecule has 0 aliphatic rings. The molecular weight excluding hydrogens is 412 g/mol. The summed E-state index contributed by atoms with van der Waals surface area (Å²) >= 11 is 4.87. The van der Waals surface area contributed by atoms with Crippen LogP contribution in [0.5, 0.6) is 0 Å². The van der Waals surface area contributed by atoms with Crippen LogP contribution < -0.4 is 5.32 Å². The Bertz CT molecular complexity index is 886. The molecule has 8 heteroatoms. The Hall–Kier alpha value is -1.48. The molecule has 5 nitrogen and oxygen atoms in total. The van der Waals surface area contributed by atoms with Gasteiger partial charge in [-0.15, -0.1) is 11.3 Å². The van der Waals surface area contributed by atoms with E-state index in [1.807, 2.05) is 12.1 Å². The fourth-order valence-electron chi connectivity index (χ4n) is 1.91. The van der Waals surface area contributed by atoms with E-state index in [4.69, 9.17) is 0 Å². The molecule has 2 aromatic rings. The van der Waals surface area contributed by atoms with Crippen molar-refractivity contribution in [3.63, 3.8) is 0 Å². The lowest BCUT2D eigenvalue weighted by Gasteiger charge is -2.14. The van der Waals surface area contributed by atoms with E-state index in [-0.39, 0.29) is 10.8 Å². The molecule has 0 saturated carbocycles. The minimum atomic E-state index is -3.56. The Labute approximate surface area is 154 Å². The highest BCUT2D eigenvalue weighted by Crippen LogP contribution is 2.24.